The van der Waals surface area contributed by atoms with Gasteiger partial charge in [-0.15, -0.1) is 0 Å². The molecule has 2 aromatic rings. The lowest BCUT2D eigenvalue weighted by atomic mass is 9.90. The van der Waals surface area contributed by atoms with Gasteiger partial charge in [0, 0.05) is 24.6 Å². The first kappa shape index (κ1) is 12.0. The molecule has 1 aliphatic carbocycles. The molecule has 0 atom stereocenters. The molecule has 3 rings (SSSR count). The number of imidazole rings is 1. The molecule has 1 aromatic heterocycles. The van der Waals surface area contributed by atoms with E-state index in [1.165, 1.54) is 0 Å². The predicted octanol–water partition coefficient (Wildman–Crippen LogP) is 2.52. The van der Waals surface area contributed by atoms with Crippen LogP contribution < -0.4 is 4.74 Å². The number of rotatable bonds is 3. The highest BCUT2D eigenvalue weighted by molar-refractivity contribution is 5.99. The molecule has 19 heavy (non-hydrogen) atoms. The Morgan fingerprint density at radius 3 is 3.05 bits per heavy atom. The topological polar surface area (TPSA) is 44.1 Å². The summed E-state index contributed by atoms with van der Waals surface area (Å²) in [6, 6.07) is 5.72. The Bertz CT molecular complexity index is 616. The van der Waals surface area contributed by atoms with E-state index in [1.54, 1.807) is 12.5 Å². The number of nitrogens with zero attached hydrogens (tertiary/aromatic N) is 2. The van der Waals surface area contributed by atoms with Crippen LogP contribution in [0, 0.1) is 0 Å². The molecule has 1 aromatic carbocycles. The number of carbonyl (C=O) groups excluding carboxylic acids is 1. The van der Waals surface area contributed by atoms with Gasteiger partial charge in [-0.05, 0) is 18.9 Å². The van der Waals surface area contributed by atoms with E-state index in [1.807, 2.05) is 29.8 Å². The van der Waals surface area contributed by atoms with E-state index in [0.717, 1.165) is 35.4 Å². The minimum Gasteiger partial charge on any atom is -0.487 e. The number of ether oxygens (including phenoxy) is 1. The van der Waals surface area contributed by atoms with Crippen LogP contribution in [-0.4, -0.2) is 15.3 Å². The lowest BCUT2D eigenvalue weighted by Crippen LogP contribution is -2.12. The van der Waals surface area contributed by atoms with Crippen molar-refractivity contribution >= 4 is 5.78 Å². The van der Waals surface area contributed by atoms with Crippen molar-refractivity contribution in [1.82, 2.24) is 9.55 Å². The van der Waals surface area contributed by atoms with Crippen LogP contribution in [0.25, 0.3) is 0 Å². The maximum atomic E-state index is 11.9. The van der Waals surface area contributed by atoms with E-state index in [4.69, 9.17) is 4.74 Å². The molecule has 0 saturated carbocycles. The smallest absolute Gasteiger partial charge is 0.163 e. The number of fused-ring (bicyclic) bond motifs is 1. The van der Waals surface area contributed by atoms with Gasteiger partial charge >= 0.3 is 0 Å². The highest BCUT2D eigenvalue weighted by Gasteiger charge is 2.20. The van der Waals surface area contributed by atoms with Crippen molar-refractivity contribution in [2.45, 2.75) is 25.9 Å². The van der Waals surface area contributed by atoms with Crippen molar-refractivity contribution in [1.29, 1.82) is 0 Å². The molecule has 1 heterocycles. The minimum atomic E-state index is 0.229. The van der Waals surface area contributed by atoms with E-state index in [0.29, 0.717) is 13.0 Å². The number of hydrogen-bond acceptors (Lipinski definition) is 3. The zero-order valence-corrected chi connectivity index (χ0v) is 10.9. The summed E-state index contributed by atoms with van der Waals surface area (Å²) in [7, 11) is 1.94. The van der Waals surface area contributed by atoms with E-state index < -0.39 is 0 Å². The van der Waals surface area contributed by atoms with E-state index in [9.17, 15) is 4.79 Å². The van der Waals surface area contributed by atoms with Crippen LogP contribution in [0.2, 0.25) is 0 Å². The fraction of sp³-hybridized carbons (Fsp3) is 0.333. The van der Waals surface area contributed by atoms with Gasteiger partial charge in [0.05, 0.1) is 18.2 Å². The second kappa shape index (κ2) is 4.88. The number of aryl methyl sites for hydroxylation is 1. The fourth-order valence-electron chi connectivity index (χ4n) is 2.46. The second-order valence-electron chi connectivity index (χ2n) is 4.84. The van der Waals surface area contributed by atoms with Crippen LogP contribution in [0.15, 0.2) is 30.7 Å². The normalized spacial score (nSPS) is 14.3. The van der Waals surface area contributed by atoms with E-state index >= 15 is 0 Å². The van der Waals surface area contributed by atoms with E-state index in [2.05, 4.69) is 4.98 Å². The van der Waals surface area contributed by atoms with Gasteiger partial charge in [-0.1, -0.05) is 12.1 Å². The Labute approximate surface area is 112 Å². The third-order valence-electron chi connectivity index (χ3n) is 3.56. The summed E-state index contributed by atoms with van der Waals surface area (Å²) >= 11 is 0. The van der Waals surface area contributed by atoms with Crippen molar-refractivity contribution in [3.05, 3.63) is 47.5 Å². The van der Waals surface area contributed by atoms with Crippen LogP contribution in [0.3, 0.4) is 0 Å². The van der Waals surface area contributed by atoms with Gasteiger partial charge in [0.2, 0.25) is 0 Å². The number of carbonyl (C=O) groups is 1. The molecule has 98 valence electrons. The summed E-state index contributed by atoms with van der Waals surface area (Å²) in [4.78, 5) is 15.9. The number of ketones is 1. The first-order chi connectivity index (χ1) is 9.25. The lowest BCUT2D eigenvalue weighted by molar-refractivity contribution is 0.0971. The Kier molecular flexibility index (Phi) is 3.07. The van der Waals surface area contributed by atoms with Gasteiger partial charge in [0.25, 0.3) is 0 Å². The first-order valence-electron chi connectivity index (χ1n) is 6.49. The fourth-order valence-corrected chi connectivity index (χ4v) is 2.46. The molecule has 0 spiro atoms. The molecule has 0 aliphatic heterocycles. The van der Waals surface area contributed by atoms with Crippen LogP contribution in [0.1, 0.15) is 34.5 Å². The van der Waals surface area contributed by atoms with Crippen LogP contribution in [0.4, 0.5) is 0 Å². The summed E-state index contributed by atoms with van der Waals surface area (Å²) in [5, 5.41) is 0. The Balaban J connectivity index is 1.84. The molecular weight excluding hydrogens is 240 g/mol. The Morgan fingerprint density at radius 1 is 1.37 bits per heavy atom. The highest BCUT2D eigenvalue weighted by atomic mass is 16.5. The molecule has 0 fully saturated rings. The Hall–Kier alpha value is -2.10. The van der Waals surface area contributed by atoms with Gasteiger partial charge in [-0.3, -0.25) is 4.79 Å². The van der Waals surface area contributed by atoms with Gasteiger partial charge in [-0.25, -0.2) is 4.98 Å². The summed E-state index contributed by atoms with van der Waals surface area (Å²) in [6.07, 6.45) is 6.03. The third-order valence-corrected chi connectivity index (χ3v) is 3.56. The molecule has 0 radical (unpaired) electrons. The molecule has 0 amide bonds. The van der Waals surface area contributed by atoms with Crippen molar-refractivity contribution in [2.24, 2.45) is 7.05 Å². The Morgan fingerprint density at radius 2 is 2.26 bits per heavy atom. The number of hydrogen-bond donors (Lipinski definition) is 0. The maximum absolute atomic E-state index is 11.9. The summed E-state index contributed by atoms with van der Waals surface area (Å²) in [5.41, 5.74) is 2.90. The van der Waals surface area contributed by atoms with Crippen molar-refractivity contribution in [3.63, 3.8) is 0 Å². The van der Waals surface area contributed by atoms with E-state index in [-0.39, 0.29) is 5.78 Å². The van der Waals surface area contributed by atoms with Crippen LogP contribution >= 0.6 is 0 Å². The number of Topliss-reactive ketones (excluding diaryl/α,β-unsaturated/α-hetero) is 1. The average Bonchev–Trinajstić information content (AvgIpc) is 2.82. The molecule has 0 unspecified atom stereocenters. The SMILES string of the molecule is Cn1cncc1COc1cccc2c1CCCC2=O. The van der Waals surface area contributed by atoms with Crippen molar-refractivity contribution < 1.29 is 9.53 Å². The second-order valence-corrected chi connectivity index (χ2v) is 4.84. The number of aromatic nitrogens is 2. The quantitative estimate of drug-likeness (QED) is 0.847. The highest BCUT2D eigenvalue weighted by Crippen LogP contribution is 2.29. The molecule has 4 heteroatoms. The van der Waals surface area contributed by atoms with Crippen LogP contribution in [-0.2, 0) is 20.1 Å². The zero-order valence-electron chi connectivity index (χ0n) is 10.9. The molecule has 0 N–H and O–H groups in total. The zero-order chi connectivity index (χ0) is 13.2. The lowest BCUT2D eigenvalue weighted by Gasteiger charge is -2.18. The van der Waals surface area contributed by atoms with Gasteiger partial charge in [-0.2, -0.15) is 0 Å². The monoisotopic (exact) mass is 256 g/mol. The van der Waals surface area contributed by atoms with Crippen LogP contribution in [0.5, 0.6) is 5.75 Å². The molecule has 0 bridgehead atoms. The standard InChI is InChI=1S/C15H16N2O2/c1-17-10-16-8-11(17)9-19-15-7-3-4-12-13(15)5-2-6-14(12)18/h3-4,7-8,10H,2,5-6,9H2,1H3. The molecule has 4 nitrogen and oxygen atoms in total. The third kappa shape index (κ3) is 2.26. The van der Waals surface area contributed by atoms with Gasteiger partial charge in [0.15, 0.2) is 5.78 Å². The molecule has 1 aliphatic rings. The molecular formula is C15H16N2O2. The first-order valence-corrected chi connectivity index (χ1v) is 6.49. The van der Waals surface area contributed by atoms with Gasteiger partial charge < -0.3 is 9.30 Å². The number of benzene rings is 1. The summed E-state index contributed by atoms with van der Waals surface area (Å²) in [5.74, 6) is 1.05. The maximum Gasteiger partial charge on any atom is 0.163 e. The van der Waals surface area contributed by atoms with Crippen molar-refractivity contribution in [2.75, 3.05) is 0 Å². The van der Waals surface area contributed by atoms with Crippen molar-refractivity contribution in [3.8, 4) is 5.75 Å². The average molecular weight is 256 g/mol. The molecule has 0 saturated heterocycles. The summed E-state index contributed by atoms with van der Waals surface area (Å²) in [6.45, 7) is 0.473. The minimum absolute atomic E-state index is 0.229. The largest absolute Gasteiger partial charge is 0.487 e. The van der Waals surface area contributed by atoms with Gasteiger partial charge in [0.1, 0.15) is 12.4 Å². The summed E-state index contributed by atoms with van der Waals surface area (Å²) < 4.78 is 7.80. The predicted molar refractivity (Wildman–Crippen MR) is 71.3 cm³/mol.